The summed E-state index contributed by atoms with van der Waals surface area (Å²) in [6, 6.07) is 1.66. The summed E-state index contributed by atoms with van der Waals surface area (Å²) in [5.41, 5.74) is 0.791. The van der Waals surface area contributed by atoms with Gasteiger partial charge in [-0.2, -0.15) is 5.10 Å². The van der Waals surface area contributed by atoms with Crippen LogP contribution in [0.3, 0.4) is 0 Å². The number of aryl methyl sites for hydroxylation is 1. The first-order chi connectivity index (χ1) is 13.6. The predicted octanol–water partition coefficient (Wildman–Crippen LogP) is 1.24. The smallest absolute Gasteiger partial charge is 0.268 e. The second-order valence-corrected chi connectivity index (χ2v) is 8.01. The Bertz CT molecular complexity index is 749. The molecule has 0 saturated carbocycles. The maximum atomic E-state index is 12.8. The molecule has 1 amide bonds. The van der Waals surface area contributed by atoms with Crippen molar-refractivity contribution in [1.29, 1.82) is 0 Å². The molecule has 1 aromatic rings. The molecule has 3 aliphatic heterocycles. The zero-order valence-corrected chi connectivity index (χ0v) is 16.6. The number of carbonyl (C=O) groups is 1. The number of nitrogens with zero attached hydrogens (tertiary/aromatic N) is 4. The summed E-state index contributed by atoms with van der Waals surface area (Å²) >= 11 is 0. The summed E-state index contributed by atoms with van der Waals surface area (Å²) in [6.07, 6.45) is 5.92. The average molecular weight is 390 g/mol. The van der Waals surface area contributed by atoms with Gasteiger partial charge in [0.1, 0.15) is 0 Å². The van der Waals surface area contributed by atoms with Gasteiger partial charge < -0.3 is 19.3 Å². The third-order valence-electron chi connectivity index (χ3n) is 6.19. The molecule has 0 N–H and O–H groups in total. The molecule has 0 aromatic carbocycles. The van der Waals surface area contributed by atoms with Crippen molar-refractivity contribution in [1.82, 2.24) is 14.7 Å². The summed E-state index contributed by atoms with van der Waals surface area (Å²) in [5, 5.41) is 4.23. The number of ether oxygens (including phenoxy) is 2. The number of rotatable bonds is 4. The highest BCUT2D eigenvalue weighted by molar-refractivity contribution is 5.76. The highest BCUT2D eigenvalue weighted by Crippen LogP contribution is 2.32. The fraction of sp³-hybridized carbons (Fsp3) is 0.750. The van der Waals surface area contributed by atoms with E-state index in [9.17, 15) is 9.59 Å². The highest BCUT2D eigenvalue weighted by atomic mass is 16.7. The lowest BCUT2D eigenvalue weighted by atomic mass is 9.93. The van der Waals surface area contributed by atoms with Gasteiger partial charge in [-0.15, -0.1) is 0 Å². The summed E-state index contributed by atoms with van der Waals surface area (Å²) < 4.78 is 13.0. The van der Waals surface area contributed by atoms with E-state index in [-0.39, 0.29) is 11.5 Å². The molecule has 8 heteroatoms. The van der Waals surface area contributed by atoms with Crippen LogP contribution in [0.5, 0.6) is 0 Å². The molecular weight excluding hydrogens is 360 g/mol. The summed E-state index contributed by atoms with van der Waals surface area (Å²) in [4.78, 5) is 29.0. The van der Waals surface area contributed by atoms with Crippen molar-refractivity contribution in [3.05, 3.63) is 22.6 Å². The number of hydrogen-bond acceptors (Lipinski definition) is 6. The van der Waals surface area contributed by atoms with Gasteiger partial charge in [0.2, 0.25) is 5.91 Å². The lowest BCUT2D eigenvalue weighted by Crippen LogP contribution is -2.48. The molecule has 0 aliphatic carbocycles. The van der Waals surface area contributed by atoms with E-state index in [1.807, 2.05) is 11.8 Å². The van der Waals surface area contributed by atoms with Gasteiger partial charge in [0.05, 0.1) is 25.1 Å². The lowest BCUT2D eigenvalue weighted by Gasteiger charge is -2.39. The number of piperidine rings is 2. The third-order valence-corrected chi connectivity index (χ3v) is 6.19. The van der Waals surface area contributed by atoms with Crippen molar-refractivity contribution in [3.63, 3.8) is 0 Å². The van der Waals surface area contributed by atoms with Gasteiger partial charge in [0.25, 0.3) is 5.56 Å². The molecule has 3 saturated heterocycles. The SMILES string of the molecule is CCn1ncc(N2CCCC(CC(=O)N3CCC4(CC3)OCCO4)C2)cc1=O. The van der Waals surface area contributed by atoms with Crippen molar-refractivity contribution in [2.75, 3.05) is 44.3 Å². The van der Waals surface area contributed by atoms with Crippen LogP contribution < -0.4 is 10.5 Å². The molecule has 1 unspecified atom stereocenters. The number of aromatic nitrogens is 2. The van der Waals surface area contributed by atoms with Crippen molar-refractivity contribution < 1.29 is 14.3 Å². The van der Waals surface area contributed by atoms with E-state index in [1.165, 1.54) is 4.68 Å². The minimum absolute atomic E-state index is 0.0724. The molecule has 3 fully saturated rings. The molecule has 8 nitrogen and oxygen atoms in total. The molecule has 28 heavy (non-hydrogen) atoms. The van der Waals surface area contributed by atoms with Crippen LogP contribution in [0.4, 0.5) is 5.69 Å². The van der Waals surface area contributed by atoms with Crippen LogP contribution in [0.1, 0.15) is 39.0 Å². The van der Waals surface area contributed by atoms with Crippen molar-refractivity contribution in [2.24, 2.45) is 5.92 Å². The molecule has 4 rings (SSSR count). The molecule has 1 spiro atoms. The van der Waals surface area contributed by atoms with Crippen LogP contribution >= 0.6 is 0 Å². The summed E-state index contributed by atoms with van der Waals surface area (Å²) in [7, 11) is 0. The van der Waals surface area contributed by atoms with Crippen LogP contribution in [0.2, 0.25) is 0 Å². The number of amides is 1. The number of hydrogen-bond donors (Lipinski definition) is 0. The summed E-state index contributed by atoms with van der Waals surface area (Å²) in [6.45, 7) is 6.90. The van der Waals surface area contributed by atoms with Gasteiger partial charge >= 0.3 is 0 Å². The van der Waals surface area contributed by atoms with E-state index < -0.39 is 5.79 Å². The Kier molecular flexibility index (Phi) is 5.68. The Morgan fingerprint density at radius 3 is 2.68 bits per heavy atom. The van der Waals surface area contributed by atoms with Gasteiger partial charge in [-0.1, -0.05) is 0 Å². The largest absolute Gasteiger partial charge is 0.370 e. The monoisotopic (exact) mass is 390 g/mol. The van der Waals surface area contributed by atoms with Gasteiger partial charge in [0, 0.05) is 58.1 Å². The Labute approximate surface area is 165 Å². The van der Waals surface area contributed by atoms with Crippen LogP contribution in [-0.4, -0.2) is 65.8 Å². The Hall–Kier alpha value is -1.93. The second-order valence-electron chi connectivity index (χ2n) is 8.01. The first-order valence-corrected chi connectivity index (χ1v) is 10.5. The molecule has 3 aliphatic rings. The molecule has 154 valence electrons. The van der Waals surface area contributed by atoms with E-state index in [0.717, 1.165) is 44.5 Å². The van der Waals surface area contributed by atoms with Crippen LogP contribution in [0.25, 0.3) is 0 Å². The Morgan fingerprint density at radius 1 is 1.25 bits per heavy atom. The maximum absolute atomic E-state index is 12.8. The first-order valence-electron chi connectivity index (χ1n) is 10.5. The molecule has 0 radical (unpaired) electrons. The number of anilines is 1. The van der Waals surface area contributed by atoms with Gasteiger partial charge in [-0.25, -0.2) is 4.68 Å². The van der Waals surface area contributed by atoms with Gasteiger partial charge in [-0.05, 0) is 25.7 Å². The van der Waals surface area contributed by atoms with Crippen LogP contribution in [0, 0.1) is 5.92 Å². The van der Waals surface area contributed by atoms with Crippen LogP contribution in [0.15, 0.2) is 17.1 Å². The number of carbonyl (C=O) groups excluding carboxylic acids is 1. The Morgan fingerprint density at radius 2 is 2.00 bits per heavy atom. The summed E-state index contributed by atoms with van der Waals surface area (Å²) in [5.74, 6) is 0.0911. The first kappa shape index (κ1) is 19.4. The maximum Gasteiger partial charge on any atom is 0.268 e. The lowest BCUT2D eigenvalue weighted by molar-refractivity contribution is -0.187. The predicted molar refractivity (Wildman–Crippen MR) is 104 cm³/mol. The van der Waals surface area contributed by atoms with Gasteiger partial charge in [-0.3, -0.25) is 9.59 Å². The van der Waals surface area contributed by atoms with Crippen molar-refractivity contribution in [2.45, 2.75) is 51.4 Å². The average Bonchev–Trinajstić information content (AvgIpc) is 3.16. The van der Waals surface area contributed by atoms with E-state index in [0.29, 0.717) is 45.2 Å². The van der Waals surface area contributed by atoms with Crippen molar-refractivity contribution >= 4 is 11.6 Å². The highest BCUT2D eigenvalue weighted by Gasteiger charge is 2.41. The molecule has 4 heterocycles. The normalized spacial score (nSPS) is 24.7. The van der Waals surface area contributed by atoms with E-state index in [4.69, 9.17) is 9.47 Å². The van der Waals surface area contributed by atoms with E-state index in [2.05, 4.69) is 10.00 Å². The zero-order valence-electron chi connectivity index (χ0n) is 16.6. The minimum Gasteiger partial charge on any atom is -0.370 e. The van der Waals surface area contributed by atoms with E-state index in [1.54, 1.807) is 12.3 Å². The fourth-order valence-corrected chi connectivity index (χ4v) is 4.56. The molecule has 1 atom stereocenters. The standard InChI is InChI=1S/C20H30N4O4/c1-2-24-19(26)13-17(14-21-24)23-7-3-4-16(15-23)12-18(25)22-8-5-20(6-9-22)27-10-11-28-20/h13-14,16H,2-12,15H2,1H3. The third kappa shape index (κ3) is 4.07. The molecule has 0 bridgehead atoms. The molecule has 1 aromatic heterocycles. The van der Waals surface area contributed by atoms with Crippen molar-refractivity contribution in [3.8, 4) is 0 Å². The quantitative estimate of drug-likeness (QED) is 0.770. The zero-order chi connectivity index (χ0) is 19.6. The van der Waals surface area contributed by atoms with Crippen LogP contribution in [-0.2, 0) is 20.8 Å². The number of likely N-dealkylation sites (tertiary alicyclic amines) is 1. The topological polar surface area (TPSA) is 76.9 Å². The molecular formula is C20H30N4O4. The van der Waals surface area contributed by atoms with E-state index >= 15 is 0 Å². The second kappa shape index (κ2) is 8.21. The fourth-order valence-electron chi connectivity index (χ4n) is 4.56. The Balaban J connectivity index is 1.32. The minimum atomic E-state index is -0.440. The van der Waals surface area contributed by atoms with Gasteiger partial charge in [0.15, 0.2) is 5.79 Å².